The first-order valence-electron chi connectivity index (χ1n) is 4.00. The molecule has 1 heterocycles. The minimum atomic E-state index is -4.52. The van der Waals surface area contributed by atoms with Gasteiger partial charge in [0.15, 0.2) is 6.29 Å². The van der Waals surface area contributed by atoms with Gasteiger partial charge in [0, 0.05) is 7.05 Å². The van der Waals surface area contributed by atoms with Gasteiger partial charge in [0.2, 0.25) is 0 Å². The number of aromatic nitrogens is 2. The van der Waals surface area contributed by atoms with Gasteiger partial charge in [0.25, 0.3) is 0 Å². The smallest absolute Gasteiger partial charge is 0.296 e. The Morgan fingerprint density at radius 2 is 2.07 bits per heavy atom. The van der Waals surface area contributed by atoms with Crippen molar-refractivity contribution in [2.45, 2.75) is 19.5 Å². The molecule has 0 atom stereocenters. The minimum absolute atomic E-state index is 0.0274. The van der Waals surface area contributed by atoms with E-state index in [2.05, 4.69) is 5.10 Å². The highest BCUT2D eigenvalue weighted by Crippen LogP contribution is 2.34. The van der Waals surface area contributed by atoms with Crippen LogP contribution in [0.15, 0.2) is 0 Å². The van der Waals surface area contributed by atoms with E-state index in [1.54, 1.807) is 6.92 Å². The zero-order chi connectivity index (χ0) is 10.9. The van der Waals surface area contributed by atoms with E-state index in [1.807, 2.05) is 0 Å². The molecule has 0 saturated carbocycles. The van der Waals surface area contributed by atoms with Crippen LogP contribution in [0.3, 0.4) is 0 Å². The summed E-state index contributed by atoms with van der Waals surface area (Å²) >= 11 is 0. The highest BCUT2D eigenvalue weighted by atomic mass is 19.4. The van der Waals surface area contributed by atoms with Crippen molar-refractivity contribution in [1.29, 1.82) is 0 Å². The van der Waals surface area contributed by atoms with Crippen molar-refractivity contribution in [1.82, 2.24) is 9.78 Å². The zero-order valence-electron chi connectivity index (χ0n) is 7.72. The number of hydrogen-bond donors (Lipinski definition) is 0. The number of halogens is 3. The van der Waals surface area contributed by atoms with Gasteiger partial charge in [0.1, 0.15) is 11.3 Å². The molecule has 0 N–H and O–H groups in total. The van der Waals surface area contributed by atoms with Gasteiger partial charge in [-0.3, -0.25) is 9.48 Å². The molecule has 0 aliphatic rings. The van der Waals surface area contributed by atoms with Crippen LogP contribution in [0.25, 0.3) is 0 Å². The number of rotatable bonds is 2. The molecule has 0 aliphatic carbocycles. The normalized spacial score (nSPS) is 11.8. The number of aldehydes is 1. The van der Waals surface area contributed by atoms with Gasteiger partial charge in [-0.1, -0.05) is 6.92 Å². The summed E-state index contributed by atoms with van der Waals surface area (Å²) in [7, 11) is 1.39. The average molecular weight is 206 g/mol. The number of aryl methyl sites for hydroxylation is 1. The average Bonchev–Trinajstić information content (AvgIpc) is 2.40. The van der Waals surface area contributed by atoms with Gasteiger partial charge in [-0.15, -0.1) is 0 Å². The molecule has 0 unspecified atom stereocenters. The van der Waals surface area contributed by atoms with Crippen molar-refractivity contribution in [3.8, 4) is 0 Å². The van der Waals surface area contributed by atoms with Gasteiger partial charge < -0.3 is 0 Å². The van der Waals surface area contributed by atoms with E-state index in [1.165, 1.54) is 7.05 Å². The summed E-state index contributed by atoms with van der Waals surface area (Å²) in [5.41, 5.74) is -1.44. The second-order valence-corrected chi connectivity index (χ2v) is 2.80. The lowest BCUT2D eigenvalue weighted by atomic mass is 10.1. The molecule has 14 heavy (non-hydrogen) atoms. The third kappa shape index (κ3) is 1.64. The van der Waals surface area contributed by atoms with E-state index in [0.717, 1.165) is 4.68 Å². The molecule has 1 aromatic rings. The molecule has 1 aromatic heterocycles. The van der Waals surface area contributed by atoms with Crippen LogP contribution in [-0.2, 0) is 19.6 Å². The molecule has 0 spiro atoms. The van der Waals surface area contributed by atoms with Gasteiger partial charge in [-0.25, -0.2) is 0 Å². The molecule has 6 heteroatoms. The van der Waals surface area contributed by atoms with Crippen molar-refractivity contribution in [3.05, 3.63) is 17.0 Å². The predicted octanol–water partition coefficient (Wildman–Crippen LogP) is 1.81. The Labute approximate surface area is 78.5 Å². The van der Waals surface area contributed by atoms with E-state index in [4.69, 9.17) is 0 Å². The van der Waals surface area contributed by atoms with Crippen LogP contribution in [0, 0.1) is 0 Å². The molecule has 1 rings (SSSR count). The number of carbonyl (C=O) groups is 1. The van der Waals surface area contributed by atoms with E-state index in [-0.39, 0.29) is 18.4 Å². The monoisotopic (exact) mass is 206 g/mol. The molecule has 3 nitrogen and oxygen atoms in total. The summed E-state index contributed by atoms with van der Waals surface area (Å²) in [6.07, 6.45) is -4.20. The van der Waals surface area contributed by atoms with Crippen molar-refractivity contribution in [2.75, 3.05) is 0 Å². The molecular weight excluding hydrogens is 197 g/mol. The minimum Gasteiger partial charge on any atom is -0.296 e. The van der Waals surface area contributed by atoms with Crippen LogP contribution < -0.4 is 0 Å². The third-order valence-electron chi connectivity index (χ3n) is 1.92. The largest absolute Gasteiger partial charge is 0.420 e. The van der Waals surface area contributed by atoms with E-state index in [9.17, 15) is 18.0 Å². The maximum atomic E-state index is 12.5. The van der Waals surface area contributed by atoms with Crippen LogP contribution in [0.2, 0.25) is 0 Å². The third-order valence-corrected chi connectivity index (χ3v) is 1.92. The first kappa shape index (κ1) is 10.7. The Balaban J connectivity index is 3.43. The van der Waals surface area contributed by atoms with Crippen LogP contribution in [0.1, 0.15) is 28.7 Å². The van der Waals surface area contributed by atoms with Gasteiger partial charge >= 0.3 is 6.18 Å². The van der Waals surface area contributed by atoms with Gasteiger partial charge in [0.05, 0.1) is 5.69 Å². The molecule has 0 radical (unpaired) electrons. The summed E-state index contributed by atoms with van der Waals surface area (Å²) in [6, 6.07) is 0. The Morgan fingerprint density at radius 1 is 1.50 bits per heavy atom. The van der Waals surface area contributed by atoms with Crippen LogP contribution >= 0.6 is 0 Å². The lowest BCUT2D eigenvalue weighted by Crippen LogP contribution is -2.10. The second-order valence-electron chi connectivity index (χ2n) is 2.80. The second kappa shape index (κ2) is 3.43. The highest BCUT2D eigenvalue weighted by molar-refractivity contribution is 5.75. The van der Waals surface area contributed by atoms with Gasteiger partial charge in [-0.05, 0) is 6.42 Å². The van der Waals surface area contributed by atoms with E-state index in [0.29, 0.717) is 0 Å². The number of alkyl halides is 3. The number of hydrogen-bond acceptors (Lipinski definition) is 2. The van der Waals surface area contributed by atoms with Crippen LogP contribution in [0.4, 0.5) is 13.2 Å². The fourth-order valence-electron chi connectivity index (χ4n) is 1.38. The molecule has 0 amide bonds. The molecular formula is C8H9F3N2O. The van der Waals surface area contributed by atoms with Gasteiger partial charge in [-0.2, -0.15) is 18.3 Å². The summed E-state index contributed by atoms with van der Waals surface area (Å²) in [5.74, 6) is 0. The molecule has 0 aliphatic heterocycles. The predicted molar refractivity (Wildman–Crippen MR) is 43.0 cm³/mol. The Bertz CT molecular complexity index is 354. The first-order valence-corrected chi connectivity index (χ1v) is 4.00. The van der Waals surface area contributed by atoms with Crippen LogP contribution in [0.5, 0.6) is 0 Å². The lowest BCUT2D eigenvalue weighted by Gasteiger charge is -2.07. The first-order chi connectivity index (χ1) is 6.41. The molecule has 78 valence electrons. The van der Waals surface area contributed by atoms with Crippen molar-refractivity contribution < 1.29 is 18.0 Å². The van der Waals surface area contributed by atoms with E-state index >= 15 is 0 Å². The summed E-state index contributed by atoms with van der Waals surface area (Å²) in [4.78, 5) is 10.4. The maximum absolute atomic E-state index is 12.5. The Hall–Kier alpha value is -1.33. The van der Waals surface area contributed by atoms with Crippen molar-refractivity contribution in [2.24, 2.45) is 7.05 Å². The summed E-state index contributed by atoms with van der Waals surface area (Å²) < 4.78 is 38.5. The SMILES string of the molecule is CCc1c(C(F)(F)F)c(C=O)nn1C. The molecule has 0 bridgehead atoms. The topological polar surface area (TPSA) is 34.9 Å². The molecule has 0 saturated heterocycles. The zero-order valence-corrected chi connectivity index (χ0v) is 7.72. The maximum Gasteiger partial charge on any atom is 0.420 e. The fraction of sp³-hybridized carbons (Fsp3) is 0.500. The van der Waals surface area contributed by atoms with Crippen molar-refractivity contribution >= 4 is 6.29 Å². The van der Waals surface area contributed by atoms with E-state index < -0.39 is 17.4 Å². The quantitative estimate of drug-likeness (QED) is 0.691. The number of nitrogens with zero attached hydrogens (tertiary/aromatic N) is 2. The summed E-state index contributed by atoms with van der Waals surface area (Å²) in [5, 5.41) is 3.49. The Kier molecular flexibility index (Phi) is 2.64. The molecule has 0 aromatic carbocycles. The van der Waals surface area contributed by atoms with Crippen molar-refractivity contribution in [3.63, 3.8) is 0 Å². The lowest BCUT2D eigenvalue weighted by molar-refractivity contribution is -0.138. The highest BCUT2D eigenvalue weighted by Gasteiger charge is 2.38. The molecule has 0 fully saturated rings. The Morgan fingerprint density at radius 3 is 2.43 bits per heavy atom. The summed E-state index contributed by atoms with van der Waals surface area (Å²) in [6.45, 7) is 1.58. The fourth-order valence-corrected chi connectivity index (χ4v) is 1.38. The number of carbonyl (C=O) groups excluding carboxylic acids is 1. The standard InChI is InChI=1S/C8H9F3N2O/c1-3-6-7(8(9,10)11)5(4-14)12-13(6)2/h4H,3H2,1-2H3. The van der Waals surface area contributed by atoms with Crippen LogP contribution in [-0.4, -0.2) is 16.1 Å².